The molecule has 0 saturated carbocycles. The molecule has 0 aliphatic heterocycles. The molecule has 2 rings (SSSR count). The van der Waals surface area contributed by atoms with E-state index >= 15 is 0 Å². The van der Waals surface area contributed by atoms with E-state index in [4.69, 9.17) is 5.11 Å². The molecule has 2 aromatic rings. The second-order valence-electron chi connectivity index (χ2n) is 4.87. The van der Waals surface area contributed by atoms with Gasteiger partial charge in [0.15, 0.2) is 0 Å². The zero-order chi connectivity index (χ0) is 15.2. The number of aliphatic carboxylic acids is 1. The Balaban J connectivity index is 2.30. The molecule has 0 bridgehead atoms. The number of anilines is 1. The van der Waals surface area contributed by atoms with Crippen molar-refractivity contribution in [1.82, 2.24) is 0 Å². The average molecular weight is 287 g/mol. The van der Waals surface area contributed by atoms with Crippen LogP contribution in [0.1, 0.15) is 24.9 Å². The monoisotopic (exact) mass is 287 g/mol. The summed E-state index contributed by atoms with van der Waals surface area (Å²) < 4.78 is 14.0. The van der Waals surface area contributed by atoms with Crippen LogP contribution in [0.2, 0.25) is 0 Å². The lowest BCUT2D eigenvalue weighted by atomic mass is 10.0. The maximum atomic E-state index is 14.0. The van der Waals surface area contributed by atoms with Crippen molar-refractivity contribution in [1.29, 1.82) is 0 Å². The van der Waals surface area contributed by atoms with Crippen LogP contribution in [0, 0.1) is 5.82 Å². The van der Waals surface area contributed by atoms with Gasteiger partial charge in [0.1, 0.15) is 5.82 Å². The molecule has 0 spiro atoms. The van der Waals surface area contributed by atoms with E-state index in [2.05, 4.69) is 0 Å². The highest BCUT2D eigenvalue weighted by atomic mass is 19.1. The smallest absolute Gasteiger partial charge is 0.305 e. The standard InChI is InChI=1S/C17H18FNO2/c1-13(15-9-5-6-10-16(15)18)19(12-11-17(20)21)14-7-3-2-4-8-14/h2-10,13H,11-12H2,1H3,(H,20,21). The third kappa shape index (κ3) is 3.81. The molecule has 110 valence electrons. The van der Waals surface area contributed by atoms with Crippen molar-refractivity contribution in [2.24, 2.45) is 0 Å². The summed E-state index contributed by atoms with van der Waals surface area (Å²) >= 11 is 0. The van der Waals surface area contributed by atoms with Crippen molar-refractivity contribution in [3.8, 4) is 0 Å². The van der Waals surface area contributed by atoms with E-state index in [-0.39, 0.29) is 18.3 Å². The average Bonchev–Trinajstić information content (AvgIpc) is 2.48. The van der Waals surface area contributed by atoms with Gasteiger partial charge in [-0.1, -0.05) is 36.4 Å². The van der Waals surface area contributed by atoms with Crippen LogP contribution in [0.15, 0.2) is 54.6 Å². The van der Waals surface area contributed by atoms with E-state index in [9.17, 15) is 9.18 Å². The normalized spacial score (nSPS) is 11.9. The fourth-order valence-electron chi connectivity index (χ4n) is 2.36. The predicted molar refractivity (Wildman–Crippen MR) is 80.9 cm³/mol. The summed E-state index contributed by atoms with van der Waals surface area (Å²) in [6, 6.07) is 15.8. The first-order valence-electron chi connectivity index (χ1n) is 6.87. The molecule has 21 heavy (non-hydrogen) atoms. The molecule has 1 unspecified atom stereocenters. The van der Waals surface area contributed by atoms with Gasteiger partial charge in [0.05, 0.1) is 12.5 Å². The molecular formula is C17H18FNO2. The second-order valence-corrected chi connectivity index (χ2v) is 4.87. The van der Waals surface area contributed by atoms with Crippen LogP contribution in [-0.4, -0.2) is 17.6 Å². The van der Waals surface area contributed by atoms with Crippen molar-refractivity contribution in [2.45, 2.75) is 19.4 Å². The van der Waals surface area contributed by atoms with Crippen molar-refractivity contribution in [3.05, 3.63) is 66.0 Å². The Kier molecular flexibility index (Phi) is 4.93. The molecule has 1 atom stereocenters. The molecular weight excluding hydrogens is 269 g/mol. The van der Waals surface area contributed by atoms with Crippen LogP contribution in [0.25, 0.3) is 0 Å². The lowest BCUT2D eigenvalue weighted by Gasteiger charge is -2.31. The van der Waals surface area contributed by atoms with Crippen LogP contribution in [0.5, 0.6) is 0 Å². The Labute approximate surface area is 123 Å². The molecule has 0 aromatic heterocycles. The minimum absolute atomic E-state index is 0.00763. The number of carboxylic acids is 1. The molecule has 0 fully saturated rings. The fourth-order valence-corrected chi connectivity index (χ4v) is 2.36. The van der Waals surface area contributed by atoms with Crippen LogP contribution in [-0.2, 0) is 4.79 Å². The van der Waals surface area contributed by atoms with Crippen molar-refractivity contribution in [2.75, 3.05) is 11.4 Å². The number of para-hydroxylation sites is 1. The first kappa shape index (κ1) is 15.0. The van der Waals surface area contributed by atoms with E-state index in [0.29, 0.717) is 12.1 Å². The van der Waals surface area contributed by atoms with Gasteiger partial charge in [-0.05, 0) is 25.1 Å². The highest BCUT2D eigenvalue weighted by molar-refractivity contribution is 5.67. The van der Waals surface area contributed by atoms with Gasteiger partial charge < -0.3 is 10.0 Å². The molecule has 4 heteroatoms. The highest BCUT2D eigenvalue weighted by Gasteiger charge is 2.19. The Hall–Kier alpha value is -2.36. The summed E-state index contributed by atoms with van der Waals surface area (Å²) in [6.45, 7) is 2.21. The second kappa shape index (κ2) is 6.88. The first-order chi connectivity index (χ1) is 10.1. The van der Waals surface area contributed by atoms with Crippen molar-refractivity contribution < 1.29 is 14.3 Å². The zero-order valence-corrected chi connectivity index (χ0v) is 11.9. The number of carboxylic acid groups (broad SMARTS) is 1. The van der Waals surface area contributed by atoms with E-state index in [1.54, 1.807) is 18.2 Å². The maximum Gasteiger partial charge on any atom is 0.305 e. The number of benzene rings is 2. The molecule has 0 aliphatic carbocycles. The van der Waals surface area contributed by atoms with Gasteiger partial charge >= 0.3 is 5.97 Å². The van der Waals surface area contributed by atoms with Crippen molar-refractivity contribution >= 4 is 11.7 Å². The lowest BCUT2D eigenvalue weighted by molar-refractivity contribution is -0.136. The van der Waals surface area contributed by atoms with E-state index in [1.165, 1.54) is 6.07 Å². The number of carbonyl (C=O) groups is 1. The molecule has 0 saturated heterocycles. The number of halogens is 1. The molecule has 0 radical (unpaired) electrons. The summed E-state index contributed by atoms with van der Waals surface area (Å²) in [5, 5.41) is 8.92. The zero-order valence-electron chi connectivity index (χ0n) is 11.9. The van der Waals surface area contributed by atoms with Crippen LogP contribution < -0.4 is 4.90 Å². The van der Waals surface area contributed by atoms with Gasteiger partial charge in [-0.3, -0.25) is 4.79 Å². The van der Waals surface area contributed by atoms with Gasteiger partial charge in [0, 0.05) is 17.8 Å². The van der Waals surface area contributed by atoms with Crippen LogP contribution >= 0.6 is 0 Å². The largest absolute Gasteiger partial charge is 0.481 e. The summed E-state index contributed by atoms with van der Waals surface area (Å²) in [6.07, 6.45) is 0.00763. The maximum absolute atomic E-state index is 14.0. The summed E-state index contributed by atoms with van der Waals surface area (Å²) in [7, 11) is 0. The summed E-state index contributed by atoms with van der Waals surface area (Å²) in [4.78, 5) is 12.8. The van der Waals surface area contributed by atoms with Gasteiger partial charge in [0.25, 0.3) is 0 Å². The molecule has 3 nitrogen and oxygen atoms in total. The lowest BCUT2D eigenvalue weighted by Crippen LogP contribution is -2.29. The quantitative estimate of drug-likeness (QED) is 0.876. The Morgan fingerprint density at radius 2 is 1.76 bits per heavy atom. The van der Waals surface area contributed by atoms with E-state index in [1.807, 2.05) is 42.2 Å². The number of nitrogens with zero attached hydrogens (tertiary/aromatic N) is 1. The Bertz CT molecular complexity index is 601. The van der Waals surface area contributed by atoms with E-state index in [0.717, 1.165) is 5.69 Å². The van der Waals surface area contributed by atoms with Crippen molar-refractivity contribution in [3.63, 3.8) is 0 Å². The fraction of sp³-hybridized carbons (Fsp3) is 0.235. The first-order valence-corrected chi connectivity index (χ1v) is 6.87. The third-order valence-electron chi connectivity index (χ3n) is 3.48. The third-order valence-corrected chi connectivity index (χ3v) is 3.48. The molecule has 2 aromatic carbocycles. The van der Waals surface area contributed by atoms with Gasteiger partial charge in [-0.25, -0.2) is 4.39 Å². The van der Waals surface area contributed by atoms with Gasteiger partial charge in [0.2, 0.25) is 0 Å². The topological polar surface area (TPSA) is 40.5 Å². The Morgan fingerprint density at radius 1 is 1.14 bits per heavy atom. The SMILES string of the molecule is CC(c1ccccc1F)N(CCC(=O)O)c1ccccc1. The van der Waals surface area contributed by atoms with E-state index < -0.39 is 5.97 Å². The van der Waals surface area contributed by atoms with Gasteiger partial charge in [-0.2, -0.15) is 0 Å². The summed E-state index contributed by atoms with van der Waals surface area (Å²) in [5.41, 5.74) is 1.45. The van der Waals surface area contributed by atoms with Crippen LogP contribution in [0.3, 0.4) is 0 Å². The predicted octanol–water partition coefficient (Wildman–Crippen LogP) is 3.87. The summed E-state index contributed by atoms with van der Waals surface area (Å²) in [5.74, 6) is -1.14. The minimum atomic E-state index is -0.864. The number of rotatable bonds is 6. The molecule has 0 amide bonds. The van der Waals surface area contributed by atoms with Gasteiger partial charge in [-0.15, -0.1) is 0 Å². The number of hydrogen-bond donors (Lipinski definition) is 1. The number of hydrogen-bond acceptors (Lipinski definition) is 2. The molecule has 0 aliphatic rings. The Morgan fingerprint density at radius 3 is 2.38 bits per heavy atom. The van der Waals surface area contributed by atoms with Crippen LogP contribution in [0.4, 0.5) is 10.1 Å². The highest BCUT2D eigenvalue weighted by Crippen LogP contribution is 2.28. The molecule has 0 heterocycles. The molecule has 1 N–H and O–H groups in total. The minimum Gasteiger partial charge on any atom is -0.481 e.